The first kappa shape index (κ1) is 13.9. The maximum Gasteiger partial charge on any atom is 0.176 e. The molecule has 0 bridgehead atoms. The summed E-state index contributed by atoms with van der Waals surface area (Å²) < 4.78 is 0. The van der Waals surface area contributed by atoms with Gasteiger partial charge in [0.05, 0.1) is 6.54 Å². The molecule has 18 heavy (non-hydrogen) atoms. The molecule has 2 rings (SSSR count). The average Bonchev–Trinajstić information content (AvgIpc) is 2.40. The molecule has 0 unspecified atom stereocenters. The smallest absolute Gasteiger partial charge is 0.176 e. The molecule has 0 aromatic heterocycles. The number of rotatable bonds is 4. The second-order valence-electron chi connectivity index (χ2n) is 4.58. The maximum absolute atomic E-state index is 11.8. The molecule has 0 spiro atoms. The van der Waals surface area contributed by atoms with Crippen molar-refractivity contribution in [1.29, 1.82) is 0 Å². The topological polar surface area (TPSA) is 29.1 Å². The van der Waals surface area contributed by atoms with E-state index in [2.05, 4.69) is 5.32 Å². The minimum Gasteiger partial charge on any atom is -0.313 e. The third-order valence-corrected chi connectivity index (χ3v) is 4.70. The lowest BCUT2D eigenvalue weighted by molar-refractivity contribution is 0.0993. The minimum atomic E-state index is 0.0881. The highest BCUT2D eigenvalue weighted by Crippen LogP contribution is 2.35. The van der Waals surface area contributed by atoms with Crippen LogP contribution in [0.15, 0.2) is 18.2 Å². The number of hydrogen-bond donors (Lipinski definition) is 1. The van der Waals surface area contributed by atoms with Crippen LogP contribution in [-0.2, 0) is 0 Å². The molecule has 0 atom stereocenters. The number of hydrogen-bond acceptors (Lipinski definition) is 3. The molecule has 1 fully saturated rings. The van der Waals surface area contributed by atoms with Crippen molar-refractivity contribution in [3.8, 4) is 0 Å². The van der Waals surface area contributed by atoms with Crippen LogP contribution in [0, 0.1) is 0 Å². The van der Waals surface area contributed by atoms with Crippen LogP contribution in [0.4, 0.5) is 0 Å². The van der Waals surface area contributed by atoms with Gasteiger partial charge in [0.2, 0.25) is 0 Å². The van der Waals surface area contributed by atoms with Gasteiger partial charge in [-0.2, -0.15) is 11.8 Å². The molecular weight excluding hydrogens is 266 g/mol. The molecule has 0 aliphatic carbocycles. The van der Waals surface area contributed by atoms with Crippen LogP contribution < -0.4 is 5.32 Å². The molecule has 0 amide bonds. The summed E-state index contributed by atoms with van der Waals surface area (Å²) in [6, 6.07) is 5.76. The molecule has 98 valence electrons. The Morgan fingerprint density at radius 3 is 2.78 bits per heavy atom. The highest BCUT2D eigenvalue weighted by atomic mass is 35.5. The van der Waals surface area contributed by atoms with Crippen LogP contribution in [0.5, 0.6) is 0 Å². The Balaban J connectivity index is 2.16. The normalized spacial score (nSPS) is 16.8. The number of carbonyl (C=O) groups is 1. The van der Waals surface area contributed by atoms with E-state index in [0.29, 0.717) is 18.0 Å². The zero-order valence-corrected chi connectivity index (χ0v) is 12.1. The van der Waals surface area contributed by atoms with Crippen LogP contribution in [0.25, 0.3) is 0 Å². The number of Topliss-reactive ketones (excluding diaryl/α,β-unsaturated/α-hetero) is 1. The molecule has 1 N–H and O–H groups in total. The van der Waals surface area contributed by atoms with E-state index in [0.717, 1.165) is 5.02 Å². The molecule has 1 heterocycles. The van der Waals surface area contributed by atoms with Crippen LogP contribution in [-0.4, -0.2) is 30.9 Å². The van der Waals surface area contributed by atoms with Gasteiger partial charge < -0.3 is 5.32 Å². The van der Waals surface area contributed by atoms with E-state index < -0.39 is 0 Å². The summed E-state index contributed by atoms with van der Waals surface area (Å²) in [5.74, 6) is 3.07. The van der Waals surface area contributed by atoms with Crippen molar-refractivity contribution in [3.05, 3.63) is 34.3 Å². The lowest BCUT2D eigenvalue weighted by Crippen LogP contribution is -2.18. The monoisotopic (exact) mass is 283 g/mol. The van der Waals surface area contributed by atoms with E-state index >= 15 is 0 Å². The fraction of sp³-hybridized carbons (Fsp3) is 0.500. The first-order chi connectivity index (χ1) is 8.72. The molecule has 1 aromatic rings. The van der Waals surface area contributed by atoms with Crippen molar-refractivity contribution < 1.29 is 4.79 Å². The predicted molar refractivity (Wildman–Crippen MR) is 79.0 cm³/mol. The number of likely N-dealkylation sites (N-methyl/N-ethyl adjacent to an activating group) is 1. The van der Waals surface area contributed by atoms with Gasteiger partial charge in [-0.1, -0.05) is 23.7 Å². The van der Waals surface area contributed by atoms with E-state index in [-0.39, 0.29) is 5.78 Å². The van der Waals surface area contributed by atoms with Gasteiger partial charge in [0, 0.05) is 10.6 Å². The number of thioether (sulfide) groups is 1. The Kier molecular flexibility index (Phi) is 5.10. The molecular formula is C14H18ClNOS. The van der Waals surface area contributed by atoms with Crippen molar-refractivity contribution in [2.75, 3.05) is 25.1 Å². The standard InChI is InChI=1S/C14H18ClNOS/c1-16-9-14(17)11-2-3-12(13(15)8-11)10-4-6-18-7-5-10/h2-3,8,10,16H,4-7,9H2,1H3. The minimum absolute atomic E-state index is 0.0881. The summed E-state index contributed by atoms with van der Waals surface area (Å²) in [5, 5.41) is 3.61. The zero-order valence-electron chi connectivity index (χ0n) is 10.5. The van der Waals surface area contributed by atoms with Gasteiger partial charge in [0.25, 0.3) is 0 Å². The molecule has 1 aliphatic heterocycles. The Bertz CT molecular complexity index is 430. The summed E-state index contributed by atoms with van der Waals surface area (Å²) in [5.41, 5.74) is 1.90. The summed E-state index contributed by atoms with van der Waals surface area (Å²) in [4.78, 5) is 11.8. The van der Waals surface area contributed by atoms with Crippen molar-refractivity contribution in [1.82, 2.24) is 5.32 Å². The summed E-state index contributed by atoms with van der Waals surface area (Å²) in [6.45, 7) is 0.357. The van der Waals surface area contributed by atoms with Crippen molar-refractivity contribution in [2.45, 2.75) is 18.8 Å². The highest BCUT2D eigenvalue weighted by molar-refractivity contribution is 7.99. The highest BCUT2D eigenvalue weighted by Gasteiger charge is 2.19. The van der Waals surface area contributed by atoms with E-state index in [1.807, 2.05) is 30.0 Å². The molecule has 1 aliphatic rings. The fourth-order valence-corrected chi connectivity index (χ4v) is 3.74. The van der Waals surface area contributed by atoms with Gasteiger partial charge in [-0.05, 0) is 48.9 Å². The molecule has 2 nitrogen and oxygen atoms in total. The number of benzene rings is 1. The largest absolute Gasteiger partial charge is 0.313 e. The summed E-state index contributed by atoms with van der Waals surface area (Å²) in [7, 11) is 1.77. The summed E-state index contributed by atoms with van der Waals surface area (Å²) in [6.07, 6.45) is 2.38. The van der Waals surface area contributed by atoms with Crippen molar-refractivity contribution >= 4 is 29.1 Å². The SMILES string of the molecule is CNCC(=O)c1ccc(C2CCSCC2)c(Cl)c1. The van der Waals surface area contributed by atoms with Crippen molar-refractivity contribution in [3.63, 3.8) is 0 Å². The third-order valence-electron chi connectivity index (χ3n) is 3.32. The van der Waals surface area contributed by atoms with Gasteiger partial charge in [-0.3, -0.25) is 4.79 Å². The van der Waals surface area contributed by atoms with Crippen LogP contribution in [0.1, 0.15) is 34.7 Å². The number of nitrogens with one attached hydrogen (secondary N) is 1. The number of carbonyl (C=O) groups excluding carboxylic acids is 1. The first-order valence-corrected chi connectivity index (χ1v) is 7.80. The van der Waals surface area contributed by atoms with Gasteiger partial charge in [-0.25, -0.2) is 0 Å². The second kappa shape index (κ2) is 6.60. The molecule has 4 heteroatoms. The molecule has 1 aromatic carbocycles. The van der Waals surface area contributed by atoms with E-state index in [9.17, 15) is 4.79 Å². The van der Waals surface area contributed by atoms with E-state index in [1.165, 1.54) is 29.9 Å². The summed E-state index contributed by atoms with van der Waals surface area (Å²) >= 11 is 8.34. The van der Waals surface area contributed by atoms with E-state index in [4.69, 9.17) is 11.6 Å². The predicted octanol–water partition coefficient (Wildman–Crippen LogP) is 3.35. The van der Waals surface area contributed by atoms with Crippen LogP contribution >= 0.6 is 23.4 Å². The Labute approximate surface area is 117 Å². The van der Waals surface area contributed by atoms with Crippen LogP contribution in [0.3, 0.4) is 0 Å². The zero-order chi connectivity index (χ0) is 13.0. The molecule has 0 saturated carbocycles. The Morgan fingerprint density at radius 1 is 1.44 bits per heavy atom. The quantitative estimate of drug-likeness (QED) is 0.859. The fourth-order valence-electron chi connectivity index (χ4n) is 2.30. The third kappa shape index (κ3) is 3.28. The lowest BCUT2D eigenvalue weighted by atomic mass is 9.92. The molecule has 1 saturated heterocycles. The lowest BCUT2D eigenvalue weighted by Gasteiger charge is -2.22. The van der Waals surface area contributed by atoms with Crippen LogP contribution in [0.2, 0.25) is 5.02 Å². The number of halogens is 1. The van der Waals surface area contributed by atoms with E-state index in [1.54, 1.807) is 7.05 Å². The van der Waals surface area contributed by atoms with Crippen molar-refractivity contribution in [2.24, 2.45) is 0 Å². The molecule has 0 radical (unpaired) electrons. The van der Waals surface area contributed by atoms with Gasteiger partial charge in [-0.15, -0.1) is 0 Å². The first-order valence-electron chi connectivity index (χ1n) is 6.27. The van der Waals surface area contributed by atoms with Gasteiger partial charge >= 0.3 is 0 Å². The average molecular weight is 284 g/mol. The van der Waals surface area contributed by atoms with Gasteiger partial charge in [0.1, 0.15) is 0 Å². The second-order valence-corrected chi connectivity index (χ2v) is 6.21. The van der Waals surface area contributed by atoms with Gasteiger partial charge in [0.15, 0.2) is 5.78 Å². The maximum atomic E-state index is 11.8. The Morgan fingerprint density at radius 2 is 2.17 bits per heavy atom. The number of ketones is 1. The Hall–Kier alpha value is -0.510.